The lowest BCUT2D eigenvalue weighted by Gasteiger charge is -2.48. The molecule has 0 spiro atoms. The second kappa shape index (κ2) is 32.3. The topological polar surface area (TPSA) is 554 Å². The predicted octanol–water partition coefficient (Wildman–Crippen LogP) is 2.63. The molecule has 2 fully saturated rings. The Labute approximate surface area is 632 Å². The van der Waals surface area contributed by atoms with Crippen molar-refractivity contribution >= 4 is 70.3 Å². The van der Waals surface area contributed by atoms with Crippen LogP contribution in [-0.4, -0.2) is 177 Å². The molecular weight excluding hydrogens is 1490 g/mol. The number of carbonyl (C=O) groups excluding carboxylic acids is 6. The van der Waals surface area contributed by atoms with E-state index in [9.17, 15) is 80.4 Å². The van der Waals surface area contributed by atoms with E-state index in [2.05, 4.69) is 31.9 Å². The van der Waals surface area contributed by atoms with Gasteiger partial charge in [-0.2, -0.15) is 0 Å². The van der Waals surface area contributed by atoms with Gasteiger partial charge < -0.3 is 128 Å². The fourth-order valence-corrected chi connectivity index (χ4v) is 13.9. The molecule has 11 bridgehead atoms. The van der Waals surface area contributed by atoms with Gasteiger partial charge in [-0.05, 0) is 96.3 Å². The molecule has 37 heteroatoms. The first-order valence-electron chi connectivity index (χ1n) is 33.9. The number of aromatic hydroxyl groups is 3. The summed E-state index contributed by atoms with van der Waals surface area (Å²) in [5, 5.41) is 142. The van der Waals surface area contributed by atoms with Gasteiger partial charge in [0.05, 0.1) is 40.2 Å². The third kappa shape index (κ3) is 16.3. The number of phenolic OH excluding ortho intramolecular Hbond substituents is 3. The number of ether oxygens (including phenoxy) is 7. The summed E-state index contributed by atoms with van der Waals surface area (Å²) in [6.07, 6.45) is -19.5. The molecule has 7 heterocycles. The van der Waals surface area contributed by atoms with Crippen LogP contribution in [-0.2, 0) is 60.9 Å². The molecule has 7 aliphatic heterocycles. The van der Waals surface area contributed by atoms with Gasteiger partial charge in [-0.3, -0.25) is 38.9 Å². The zero-order valence-electron chi connectivity index (χ0n) is 57.8. The van der Waals surface area contributed by atoms with Crippen molar-refractivity contribution in [3.05, 3.63) is 186 Å². The molecule has 7 aromatic carbocycles. The molecule has 6 amide bonds. The highest BCUT2D eigenvalue weighted by atomic mass is 35.5. The number of carboxylic acids is 1. The molecule has 0 radical (unpaired) electrons. The van der Waals surface area contributed by atoms with E-state index >= 15 is 14.4 Å². The number of primary amides is 1. The fraction of sp³-hybridized carbons (Fsp3) is 0.329. The number of rotatable bonds is 15. The van der Waals surface area contributed by atoms with E-state index in [-0.39, 0.29) is 58.5 Å². The highest BCUT2D eigenvalue weighted by Gasteiger charge is 2.52. The maximum atomic E-state index is 16.0. The molecule has 0 aliphatic carbocycles. The summed E-state index contributed by atoms with van der Waals surface area (Å²) < 4.78 is 45.1. The Balaban J connectivity index is 1.02. The average Bonchev–Trinajstić information content (AvgIpc) is 0.768. The van der Waals surface area contributed by atoms with Crippen LogP contribution in [0.5, 0.6) is 51.7 Å². The van der Waals surface area contributed by atoms with E-state index in [1.54, 1.807) is 43.3 Å². The monoisotopic (exact) mass is 1560 g/mol. The lowest BCUT2D eigenvalue weighted by atomic mass is 9.84. The van der Waals surface area contributed by atoms with Crippen LogP contribution >= 0.6 is 23.2 Å². The number of amides is 6. The van der Waals surface area contributed by atoms with Crippen LogP contribution < -0.4 is 62.3 Å². The molecule has 20 N–H and O–H groups in total. The molecule has 14 rings (SSSR count). The smallest absolute Gasteiger partial charge is 0.330 e. The van der Waals surface area contributed by atoms with E-state index in [1.807, 2.05) is 0 Å². The van der Waals surface area contributed by atoms with Gasteiger partial charge in [0.2, 0.25) is 53.2 Å². The molecule has 2 saturated heterocycles. The van der Waals surface area contributed by atoms with Gasteiger partial charge in [0.25, 0.3) is 0 Å². The van der Waals surface area contributed by atoms with Gasteiger partial charge in [-0.1, -0.05) is 83.9 Å². The van der Waals surface area contributed by atoms with Crippen LogP contribution in [0.2, 0.25) is 10.0 Å². The Hall–Kier alpha value is -11.0. The Bertz CT molecular complexity index is 4780. The summed E-state index contributed by atoms with van der Waals surface area (Å²) >= 11 is 14.1. The van der Waals surface area contributed by atoms with Crippen molar-refractivity contribution in [2.24, 2.45) is 11.5 Å². The molecule has 7 aromatic rings. The SMILES string of the molecule is C[C@@H]1O[C@@H](O[C@H]2[C@H](Oc3c4cc5cc3Oc3ccc(cc3Cl)[C@@H](O)[C@@H](N)C(=O)N[C@@H](CC(N)=O)C(=O)NC5C(=O)N[C@H]3C(=O)N[C@H](C(=O)N[C@@H](C(=O)O)c5cc(O)cc(O)c5-c5cc3ccc5O)[C@H](O)c3ccc(c(Cl)c3)O4)O[C@H](CO)[C@@H](O)[C@@H]2O)C[C@](C)(NCc2cccc([N+](=O)[O-])c2OCc2ccccc2)[C@@H]1O. The standard InChI is InChI=1S/C73H73Cl2N9O26/c1-29-65(94)73(2,78-26-34-9-6-10-42(84(102)103)62(34)104-28-30-7-4-3-5-8-30)25-51(105-29)109-64-61(93)60(92)49(27-85)108-72(64)110-63-47-20-35-21-48(63)107-46-16-13-33(19-40(46)75)59(91)57-70(99)82-56(71(100)101)38-22-36(86)23-44(88)52(38)37-17-31(11-14-43(37)87)54(68(97)83-57)81-69(98)55(35)80-66(95)41(24-50(76)89)79-67(96)53(77)58(90)32-12-15-45(106-47)39(74)18-32/h3-23,29,41,49,51,53-61,64-65,72,78,85-88,90-94H,24-28,77H2,1-2H3,(H2,76,89)(H,79,96)(H,80,95)(H,81,98)(H,82,99)(H,83,97)(H,100,101)/t29-,41-,49+,51-,53+,54+,55?,56+,57-,58+,59+,60+,61-,64+,65+,72-,73-/m0/s1. The Kier molecular flexibility index (Phi) is 23.0. The van der Waals surface area contributed by atoms with Crippen molar-refractivity contribution in [2.45, 2.75) is 143 Å². The number of para-hydroxylation sites is 1. The number of benzene rings is 7. The molecule has 17 atom stereocenters. The van der Waals surface area contributed by atoms with Gasteiger partial charge in [-0.15, -0.1) is 0 Å². The maximum Gasteiger partial charge on any atom is 0.330 e. The summed E-state index contributed by atoms with van der Waals surface area (Å²) in [4.78, 5) is 113. The molecule has 1 unspecified atom stereocenters. The van der Waals surface area contributed by atoms with E-state index < -0.39 is 230 Å². The first-order chi connectivity index (χ1) is 52.3. The molecule has 110 heavy (non-hydrogen) atoms. The first kappa shape index (κ1) is 78.5. The number of halogens is 2. The van der Waals surface area contributed by atoms with E-state index in [1.165, 1.54) is 31.2 Å². The fourth-order valence-electron chi connectivity index (χ4n) is 13.5. The van der Waals surface area contributed by atoms with Crippen LogP contribution in [0.25, 0.3) is 11.1 Å². The lowest BCUT2D eigenvalue weighted by Crippen LogP contribution is -2.65. The lowest BCUT2D eigenvalue weighted by molar-refractivity contribution is -0.386. The van der Waals surface area contributed by atoms with Crippen LogP contribution in [0.4, 0.5) is 5.69 Å². The number of nitro benzene ring substituents is 1. The summed E-state index contributed by atoms with van der Waals surface area (Å²) in [7, 11) is 0. The van der Waals surface area contributed by atoms with E-state index in [0.717, 1.165) is 66.7 Å². The molecule has 0 aromatic heterocycles. The van der Waals surface area contributed by atoms with Gasteiger partial charge >= 0.3 is 11.7 Å². The number of aliphatic hydroxyl groups is 6. The summed E-state index contributed by atoms with van der Waals surface area (Å²) in [5.74, 6) is -15.2. The third-order valence-electron chi connectivity index (χ3n) is 19.3. The largest absolute Gasteiger partial charge is 0.508 e. The Morgan fingerprint density at radius 3 is 1.96 bits per heavy atom. The minimum atomic E-state index is -2.34. The summed E-state index contributed by atoms with van der Waals surface area (Å²) in [6, 6.07) is 13.5. The zero-order chi connectivity index (χ0) is 79.1. The van der Waals surface area contributed by atoms with Gasteiger partial charge in [-0.25, -0.2) is 4.79 Å². The second-order valence-corrected chi connectivity index (χ2v) is 27.7. The number of nitrogens with zero attached hydrogens (tertiary/aromatic N) is 1. The maximum absolute atomic E-state index is 16.0. The summed E-state index contributed by atoms with van der Waals surface area (Å²) in [5.41, 5.74) is 8.31. The number of fused-ring (bicyclic) bond motifs is 15. The van der Waals surface area contributed by atoms with Gasteiger partial charge in [0, 0.05) is 52.9 Å². The highest BCUT2D eigenvalue weighted by Crippen LogP contribution is 2.50. The molecule has 35 nitrogen and oxygen atoms in total. The first-order valence-corrected chi connectivity index (χ1v) is 34.7. The van der Waals surface area contributed by atoms with Crippen molar-refractivity contribution in [3.8, 4) is 62.9 Å². The second-order valence-electron chi connectivity index (χ2n) is 26.8. The number of hydrogen-bond acceptors (Lipinski definition) is 27. The van der Waals surface area contributed by atoms with Crippen molar-refractivity contribution in [2.75, 3.05) is 6.61 Å². The number of aliphatic hydroxyl groups excluding tert-OH is 6. The Morgan fingerprint density at radius 2 is 1.33 bits per heavy atom. The van der Waals surface area contributed by atoms with Gasteiger partial charge in [0.1, 0.15) is 96.1 Å². The van der Waals surface area contributed by atoms with Crippen molar-refractivity contribution in [1.29, 1.82) is 0 Å². The number of nitrogens with one attached hydrogen (secondary N) is 6. The van der Waals surface area contributed by atoms with E-state index in [4.69, 9.17) is 67.8 Å². The number of hydrogen-bond donors (Lipinski definition) is 18. The zero-order valence-corrected chi connectivity index (χ0v) is 59.3. The predicted molar refractivity (Wildman–Crippen MR) is 380 cm³/mol. The highest BCUT2D eigenvalue weighted by molar-refractivity contribution is 6.32. The molecule has 580 valence electrons. The van der Waals surface area contributed by atoms with Crippen LogP contribution in [0.15, 0.2) is 127 Å². The van der Waals surface area contributed by atoms with E-state index in [0.29, 0.717) is 11.1 Å². The number of nitrogens with two attached hydrogens (primary N) is 2. The number of carboxylic acid groups (broad SMARTS) is 1. The van der Waals surface area contributed by atoms with Gasteiger partial charge in [0.15, 0.2) is 29.9 Å². The van der Waals surface area contributed by atoms with Crippen molar-refractivity contribution in [1.82, 2.24) is 31.9 Å². The summed E-state index contributed by atoms with van der Waals surface area (Å²) in [6.45, 7) is 1.85. The van der Waals surface area contributed by atoms with Crippen LogP contribution in [0.1, 0.15) is 96.0 Å². The quantitative estimate of drug-likeness (QED) is 0.0518. The number of aliphatic carboxylic acids is 1. The number of nitro groups is 1. The third-order valence-corrected chi connectivity index (χ3v) is 19.9. The van der Waals surface area contributed by atoms with Crippen LogP contribution in [0, 0.1) is 10.1 Å². The minimum Gasteiger partial charge on any atom is -0.508 e. The van der Waals surface area contributed by atoms with Crippen molar-refractivity contribution in [3.63, 3.8) is 0 Å². The number of phenols is 3. The molecule has 7 aliphatic rings. The number of carbonyl (C=O) groups is 7. The average molecular weight is 1560 g/mol. The minimum absolute atomic E-state index is 0.0535. The Morgan fingerprint density at radius 1 is 0.691 bits per heavy atom. The van der Waals surface area contributed by atoms with Crippen LogP contribution in [0.3, 0.4) is 0 Å². The molecular formula is C73H73Cl2N9O26. The van der Waals surface area contributed by atoms with Crippen molar-refractivity contribution < 1.29 is 123 Å². The normalized spacial score (nSPS) is 27.6. The molecule has 0 saturated carbocycles.